The average molecular weight is 289 g/mol. The van der Waals surface area contributed by atoms with E-state index >= 15 is 0 Å². The van der Waals surface area contributed by atoms with Crippen molar-refractivity contribution in [3.8, 4) is 0 Å². The first kappa shape index (κ1) is 15.5. The zero-order chi connectivity index (χ0) is 15.2. The molecule has 114 valence electrons. The summed E-state index contributed by atoms with van der Waals surface area (Å²) in [5.41, 5.74) is 1.12. The highest BCUT2D eigenvalue weighted by atomic mass is 16.5. The van der Waals surface area contributed by atoms with E-state index in [2.05, 4.69) is 5.32 Å². The molecule has 21 heavy (non-hydrogen) atoms. The predicted octanol–water partition coefficient (Wildman–Crippen LogP) is 3.77. The molecule has 0 spiro atoms. The maximum atomic E-state index is 12.2. The molecule has 1 aromatic rings. The van der Waals surface area contributed by atoms with Crippen LogP contribution in [0.1, 0.15) is 56.3 Å². The van der Waals surface area contributed by atoms with Gasteiger partial charge >= 0.3 is 5.97 Å². The van der Waals surface area contributed by atoms with Crippen molar-refractivity contribution < 1.29 is 14.3 Å². The molecule has 4 heteroatoms. The highest BCUT2D eigenvalue weighted by Crippen LogP contribution is 2.25. The van der Waals surface area contributed by atoms with Crippen LogP contribution in [0.4, 0.5) is 5.69 Å². The number of rotatable bonds is 4. The average Bonchev–Trinajstić information content (AvgIpc) is 2.47. The quantitative estimate of drug-likeness (QED) is 0.858. The number of carbonyl (C=O) groups is 2. The Bertz CT molecular complexity index is 505. The topological polar surface area (TPSA) is 55.4 Å². The third-order valence-corrected chi connectivity index (χ3v) is 3.68. The molecule has 1 fully saturated rings. The van der Waals surface area contributed by atoms with Crippen molar-refractivity contribution in [1.29, 1.82) is 0 Å². The van der Waals surface area contributed by atoms with Crippen molar-refractivity contribution in [2.75, 3.05) is 5.32 Å². The minimum atomic E-state index is -0.362. The van der Waals surface area contributed by atoms with Crippen molar-refractivity contribution in [1.82, 2.24) is 0 Å². The van der Waals surface area contributed by atoms with Crippen LogP contribution in [0.3, 0.4) is 0 Å². The molecule has 4 nitrogen and oxygen atoms in total. The van der Waals surface area contributed by atoms with Crippen LogP contribution in [0, 0.1) is 5.92 Å². The van der Waals surface area contributed by atoms with Crippen LogP contribution in [0.15, 0.2) is 24.3 Å². The van der Waals surface area contributed by atoms with E-state index in [4.69, 9.17) is 4.74 Å². The van der Waals surface area contributed by atoms with Gasteiger partial charge in [0.25, 0.3) is 0 Å². The second-order valence-corrected chi connectivity index (χ2v) is 5.86. The Morgan fingerprint density at radius 3 is 2.57 bits per heavy atom. The zero-order valence-electron chi connectivity index (χ0n) is 12.7. The van der Waals surface area contributed by atoms with Gasteiger partial charge in [-0.15, -0.1) is 0 Å². The lowest BCUT2D eigenvalue weighted by atomic mass is 9.88. The van der Waals surface area contributed by atoms with E-state index in [1.54, 1.807) is 24.3 Å². The molecule has 0 saturated heterocycles. The summed E-state index contributed by atoms with van der Waals surface area (Å²) >= 11 is 0. The van der Waals surface area contributed by atoms with Gasteiger partial charge in [-0.25, -0.2) is 4.79 Å². The molecule has 0 atom stereocenters. The third-order valence-electron chi connectivity index (χ3n) is 3.68. The van der Waals surface area contributed by atoms with E-state index < -0.39 is 0 Å². The monoisotopic (exact) mass is 289 g/mol. The number of amides is 1. The largest absolute Gasteiger partial charge is 0.459 e. The fraction of sp³-hybridized carbons (Fsp3) is 0.529. The summed E-state index contributed by atoms with van der Waals surface area (Å²) in [6.45, 7) is 3.62. The van der Waals surface area contributed by atoms with Crippen LogP contribution in [-0.2, 0) is 9.53 Å². The second kappa shape index (κ2) is 7.25. The standard InChI is InChI=1S/C17H23NO3/c1-12(2)21-17(20)14-9-6-10-15(11-14)18-16(19)13-7-4-3-5-8-13/h6,9-13H,3-5,7-8H2,1-2H3,(H,18,19). The van der Waals surface area contributed by atoms with Crippen LogP contribution < -0.4 is 5.32 Å². The highest BCUT2D eigenvalue weighted by molar-refractivity contribution is 5.95. The lowest BCUT2D eigenvalue weighted by Crippen LogP contribution is -2.24. The first-order valence-electron chi connectivity index (χ1n) is 7.68. The molecule has 1 saturated carbocycles. The van der Waals surface area contributed by atoms with Crippen LogP contribution in [-0.4, -0.2) is 18.0 Å². The van der Waals surface area contributed by atoms with Gasteiger partial charge in [-0.3, -0.25) is 4.79 Å². The lowest BCUT2D eigenvalue weighted by molar-refractivity contribution is -0.120. The second-order valence-electron chi connectivity index (χ2n) is 5.86. The van der Waals surface area contributed by atoms with Gasteiger partial charge in [-0.1, -0.05) is 25.3 Å². The van der Waals surface area contributed by atoms with E-state index in [0.29, 0.717) is 11.3 Å². The van der Waals surface area contributed by atoms with Gasteiger partial charge < -0.3 is 10.1 Å². The van der Waals surface area contributed by atoms with Crippen LogP contribution in [0.5, 0.6) is 0 Å². The number of benzene rings is 1. The van der Waals surface area contributed by atoms with E-state index in [0.717, 1.165) is 25.7 Å². The Kier molecular flexibility index (Phi) is 5.37. The molecule has 1 aliphatic rings. The lowest BCUT2D eigenvalue weighted by Gasteiger charge is -2.20. The minimum absolute atomic E-state index is 0.0593. The van der Waals surface area contributed by atoms with Gasteiger partial charge in [-0.05, 0) is 44.9 Å². The number of nitrogens with one attached hydrogen (secondary N) is 1. The van der Waals surface area contributed by atoms with E-state index in [-0.39, 0.29) is 23.9 Å². The summed E-state index contributed by atoms with van der Waals surface area (Å²) in [4.78, 5) is 24.1. The summed E-state index contributed by atoms with van der Waals surface area (Å²) in [5, 5.41) is 2.91. The molecule has 0 radical (unpaired) electrons. The fourth-order valence-electron chi connectivity index (χ4n) is 2.62. The summed E-state index contributed by atoms with van der Waals surface area (Å²) < 4.78 is 5.16. The number of carbonyl (C=O) groups excluding carboxylic acids is 2. The molecule has 1 aromatic carbocycles. The first-order valence-corrected chi connectivity index (χ1v) is 7.68. The van der Waals surface area contributed by atoms with Gasteiger partial charge in [0.2, 0.25) is 5.91 Å². The molecule has 0 unspecified atom stereocenters. The van der Waals surface area contributed by atoms with E-state index in [1.807, 2.05) is 13.8 Å². The first-order chi connectivity index (χ1) is 10.1. The minimum Gasteiger partial charge on any atom is -0.459 e. The molecule has 0 aliphatic heterocycles. The predicted molar refractivity (Wildman–Crippen MR) is 82.2 cm³/mol. The highest BCUT2D eigenvalue weighted by Gasteiger charge is 2.21. The number of hydrogen-bond acceptors (Lipinski definition) is 3. The Morgan fingerprint density at radius 1 is 1.19 bits per heavy atom. The molecule has 0 heterocycles. The summed E-state index contributed by atoms with van der Waals surface area (Å²) in [7, 11) is 0. The Labute approximate surface area is 125 Å². The van der Waals surface area contributed by atoms with Crippen LogP contribution in [0.25, 0.3) is 0 Å². The normalized spacial score (nSPS) is 15.8. The van der Waals surface area contributed by atoms with Gasteiger partial charge in [0.1, 0.15) is 0 Å². The van der Waals surface area contributed by atoms with Crippen LogP contribution >= 0.6 is 0 Å². The SMILES string of the molecule is CC(C)OC(=O)c1cccc(NC(=O)C2CCCCC2)c1. The maximum Gasteiger partial charge on any atom is 0.338 e. The van der Waals surface area contributed by atoms with Gasteiger partial charge in [-0.2, -0.15) is 0 Å². The van der Waals surface area contributed by atoms with E-state index in [9.17, 15) is 9.59 Å². The molecule has 1 aliphatic carbocycles. The van der Waals surface area contributed by atoms with Crippen molar-refractivity contribution in [3.05, 3.63) is 29.8 Å². The number of anilines is 1. The molecule has 1 N–H and O–H groups in total. The number of esters is 1. The van der Waals surface area contributed by atoms with Gasteiger partial charge in [0.15, 0.2) is 0 Å². The van der Waals surface area contributed by atoms with Crippen molar-refractivity contribution in [2.45, 2.75) is 52.1 Å². The third kappa shape index (κ3) is 4.59. The maximum absolute atomic E-state index is 12.2. The fourth-order valence-corrected chi connectivity index (χ4v) is 2.62. The van der Waals surface area contributed by atoms with Gasteiger partial charge in [0.05, 0.1) is 11.7 Å². The Morgan fingerprint density at radius 2 is 1.90 bits per heavy atom. The molecular weight excluding hydrogens is 266 g/mol. The number of hydrogen-bond donors (Lipinski definition) is 1. The zero-order valence-corrected chi connectivity index (χ0v) is 12.7. The molecule has 0 aromatic heterocycles. The summed E-state index contributed by atoms with van der Waals surface area (Å²) in [5.74, 6) is -0.201. The van der Waals surface area contributed by atoms with E-state index in [1.165, 1.54) is 6.42 Å². The smallest absolute Gasteiger partial charge is 0.338 e. The Balaban J connectivity index is 2.00. The van der Waals surface area contributed by atoms with Crippen LogP contribution in [0.2, 0.25) is 0 Å². The van der Waals surface area contributed by atoms with Crippen molar-refractivity contribution in [2.24, 2.45) is 5.92 Å². The van der Waals surface area contributed by atoms with Crippen molar-refractivity contribution in [3.63, 3.8) is 0 Å². The summed E-state index contributed by atoms with van der Waals surface area (Å²) in [6.07, 6.45) is 5.23. The number of ether oxygens (including phenoxy) is 1. The Hall–Kier alpha value is -1.84. The molecule has 1 amide bonds. The molecule has 0 bridgehead atoms. The molecular formula is C17H23NO3. The molecule has 2 rings (SSSR count). The van der Waals surface area contributed by atoms with Crippen molar-refractivity contribution >= 4 is 17.6 Å². The van der Waals surface area contributed by atoms with Gasteiger partial charge in [0, 0.05) is 11.6 Å². The summed E-state index contributed by atoms with van der Waals surface area (Å²) in [6, 6.07) is 6.92.